The predicted molar refractivity (Wildman–Crippen MR) is 96.8 cm³/mol. The Balaban J connectivity index is 3.68. The van der Waals surface area contributed by atoms with Gasteiger partial charge in [-0.3, -0.25) is 0 Å². The second-order valence-corrected chi connectivity index (χ2v) is 8.00. The van der Waals surface area contributed by atoms with Crippen molar-refractivity contribution >= 4 is 0 Å². The second kappa shape index (κ2) is 11.5. The summed E-state index contributed by atoms with van der Waals surface area (Å²) in [4.78, 5) is 0. The van der Waals surface area contributed by atoms with Gasteiger partial charge in [0.25, 0.3) is 0 Å². The van der Waals surface area contributed by atoms with Crippen LogP contribution in [-0.4, -0.2) is 25.2 Å². The van der Waals surface area contributed by atoms with Gasteiger partial charge in [-0.05, 0) is 49.6 Å². The van der Waals surface area contributed by atoms with Crippen LogP contribution in [0.1, 0.15) is 74.7 Å². The van der Waals surface area contributed by atoms with Crippen LogP contribution < -0.4 is 10.6 Å². The van der Waals surface area contributed by atoms with Crippen LogP contribution in [0.5, 0.6) is 0 Å². The zero-order valence-corrected chi connectivity index (χ0v) is 16.0. The van der Waals surface area contributed by atoms with E-state index in [0.717, 1.165) is 23.7 Å². The minimum atomic E-state index is 0.661. The molecule has 2 N–H and O–H groups in total. The predicted octanol–water partition coefficient (Wildman–Crippen LogP) is 4.70. The molecule has 0 radical (unpaired) electrons. The van der Waals surface area contributed by atoms with Crippen LogP contribution in [0.15, 0.2) is 0 Å². The van der Waals surface area contributed by atoms with Crippen molar-refractivity contribution in [3.8, 4) is 0 Å². The third-order valence-corrected chi connectivity index (χ3v) is 4.49. The maximum Gasteiger partial charge on any atom is 0.0113 e. The zero-order chi connectivity index (χ0) is 16.4. The molecule has 0 fully saturated rings. The maximum atomic E-state index is 3.73. The zero-order valence-electron chi connectivity index (χ0n) is 16.0. The monoisotopic (exact) mass is 298 g/mol. The van der Waals surface area contributed by atoms with Gasteiger partial charge in [-0.1, -0.05) is 61.8 Å². The standard InChI is InChI=1S/C19H42N2/c1-14(2)18(15(3)4)20-12-10-9-11-13-21-19(16(5)6)17(7)8/h14-21H,9-13H2,1-8H3. The number of hydrogen-bond donors (Lipinski definition) is 2. The minimum Gasteiger partial charge on any atom is -0.313 e. The van der Waals surface area contributed by atoms with E-state index in [4.69, 9.17) is 0 Å². The Bertz CT molecular complexity index is 194. The summed E-state index contributed by atoms with van der Waals surface area (Å²) in [5.41, 5.74) is 0. The van der Waals surface area contributed by atoms with Gasteiger partial charge in [0.15, 0.2) is 0 Å². The van der Waals surface area contributed by atoms with Gasteiger partial charge >= 0.3 is 0 Å². The molecule has 0 aromatic rings. The Labute approximate surface area is 134 Å². The molecule has 2 heteroatoms. The van der Waals surface area contributed by atoms with E-state index >= 15 is 0 Å². The van der Waals surface area contributed by atoms with E-state index in [2.05, 4.69) is 66.0 Å². The summed E-state index contributed by atoms with van der Waals surface area (Å²) in [6.45, 7) is 20.9. The largest absolute Gasteiger partial charge is 0.313 e. The first-order valence-corrected chi connectivity index (χ1v) is 9.24. The molecule has 0 aliphatic carbocycles. The summed E-state index contributed by atoms with van der Waals surface area (Å²) in [5.74, 6) is 2.91. The van der Waals surface area contributed by atoms with Gasteiger partial charge in [0.05, 0.1) is 0 Å². The molecule has 0 saturated heterocycles. The molecule has 0 spiro atoms. The number of unbranched alkanes of at least 4 members (excludes halogenated alkanes) is 2. The van der Waals surface area contributed by atoms with Crippen molar-refractivity contribution < 1.29 is 0 Å². The normalized spacial score (nSPS) is 12.9. The van der Waals surface area contributed by atoms with Crippen LogP contribution in [0, 0.1) is 23.7 Å². The quantitative estimate of drug-likeness (QED) is 0.510. The molecule has 0 aromatic heterocycles. The van der Waals surface area contributed by atoms with Gasteiger partial charge in [-0.25, -0.2) is 0 Å². The van der Waals surface area contributed by atoms with Crippen molar-refractivity contribution in [3.05, 3.63) is 0 Å². The van der Waals surface area contributed by atoms with E-state index in [-0.39, 0.29) is 0 Å². The second-order valence-electron chi connectivity index (χ2n) is 8.00. The molecule has 21 heavy (non-hydrogen) atoms. The number of nitrogens with one attached hydrogen (secondary N) is 2. The van der Waals surface area contributed by atoms with Crippen molar-refractivity contribution in [3.63, 3.8) is 0 Å². The van der Waals surface area contributed by atoms with Gasteiger partial charge in [-0.2, -0.15) is 0 Å². The van der Waals surface area contributed by atoms with Gasteiger partial charge in [0, 0.05) is 12.1 Å². The molecule has 0 aromatic carbocycles. The van der Waals surface area contributed by atoms with Crippen molar-refractivity contribution in [2.75, 3.05) is 13.1 Å². The lowest BCUT2D eigenvalue weighted by molar-refractivity contribution is 0.305. The molecule has 0 bridgehead atoms. The van der Waals surface area contributed by atoms with Gasteiger partial charge in [-0.15, -0.1) is 0 Å². The van der Waals surface area contributed by atoms with Crippen LogP contribution in [0.4, 0.5) is 0 Å². The Kier molecular flexibility index (Phi) is 11.4. The summed E-state index contributed by atoms with van der Waals surface area (Å²) >= 11 is 0. The summed E-state index contributed by atoms with van der Waals surface area (Å²) in [5, 5.41) is 7.47. The van der Waals surface area contributed by atoms with Crippen molar-refractivity contribution in [2.24, 2.45) is 23.7 Å². The molecule has 128 valence electrons. The molecule has 0 rings (SSSR count). The van der Waals surface area contributed by atoms with Gasteiger partial charge in [0.1, 0.15) is 0 Å². The third kappa shape index (κ3) is 9.52. The molecule has 0 heterocycles. The summed E-state index contributed by atoms with van der Waals surface area (Å²) in [6.07, 6.45) is 3.92. The average molecular weight is 299 g/mol. The Morgan fingerprint density at radius 1 is 0.476 bits per heavy atom. The van der Waals surface area contributed by atoms with Crippen molar-refractivity contribution in [1.82, 2.24) is 10.6 Å². The highest BCUT2D eigenvalue weighted by atomic mass is 14.9. The summed E-state index contributed by atoms with van der Waals surface area (Å²) in [7, 11) is 0. The van der Waals surface area contributed by atoms with Crippen molar-refractivity contribution in [1.29, 1.82) is 0 Å². The van der Waals surface area contributed by atoms with Crippen LogP contribution in [0.2, 0.25) is 0 Å². The smallest absolute Gasteiger partial charge is 0.0113 e. The highest BCUT2D eigenvalue weighted by Crippen LogP contribution is 2.13. The number of hydrogen-bond acceptors (Lipinski definition) is 2. The summed E-state index contributed by atoms with van der Waals surface area (Å²) in [6, 6.07) is 1.32. The Morgan fingerprint density at radius 3 is 1.00 bits per heavy atom. The first kappa shape index (κ1) is 20.9. The van der Waals surface area contributed by atoms with E-state index in [0.29, 0.717) is 12.1 Å². The van der Waals surface area contributed by atoms with Crippen LogP contribution in [-0.2, 0) is 0 Å². The molecule has 0 amide bonds. The fourth-order valence-electron chi connectivity index (χ4n) is 3.45. The Hall–Kier alpha value is -0.0800. The topological polar surface area (TPSA) is 24.1 Å². The highest BCUT2D eigenvalue weighted by Gasteiger charge is 2.17. The lowest BCUT2D eigenvalue weighted by atomic mass is 9.93. The minimum absolute atomic E-state index is 0.661. The molecule has 0 atom stereocenters. The van der Waals surface area contributed by atoms with Crippen LogP contribution in [0.25, 0.3) is 0 Å². The molecule has 2 nitrogen and oxygen atoms in total. The first-order chi connectivity index (χ1) is 9.77. The van der Waals surface area contributed by atoms with Crippen molar-refractivity contribution in [2.45, 2.75) is 86.7 Å². The third-order valence-electron chi connectivity index (χ3n) is 4.49. The molecule has 0 unspecified atom stereocenters. The Morgan fingerprint density at radius 2 is 0.762 bits per heavy atom. The fourth-order valence-corrected chi connectivity index (χ4v) is 3.45. The van der Waals surface area contributed by atoms with Crippen LogP contribution in [0.3, 0.4) is 0 Å². The number of rotatable bonds is 12. The molecular formula is C19H42N2. The van der Waals surface area contributed by atoms with Crippen LogP contribution >= 0.6 is 0 Å². The van der Waals surface area contributed by atoms with E-state index < -0.39 is 0 Å². The molecule has 0 aliphatic heterocycles. The molecule has 0 saturated carbocycles. The van der Waals surface area contributed by atoms with E-state index in [9.17, 15) is 0 Å². The van der Waals surface area contributed by atoms with E-state index in [1.807, 2.05) is 0 Å². The molecule has 0 aliphatic rings. The van der Waals surface area contributed by atoms with Gasteiger partial charge < -0.3 is 10.6 Å². The van der Waals surface area contributed by atoms with Gasteiger partial charge in [0.2, 0.25) is 0 Å². The van der Waals surface area contributed by atoms with E-state index in [1.54, 1.807) is 0 Å². The summed E-state index contributed by atoms with van der Waals surface area (Å²) < 4.78 is 0. The lowest BCUT2D eigenvalue weighted by Crippen LogP contribution is -2.39. The maximum absolute atomic E-state index is 3.73. The molecular weight excluding hydrogens is 256 g/mol. The van der Waals surface area contributed by atoms with E-state index in [1.165, 1.54) is 32.4 Å². The SMILES string of the molecule is CC(C)C(NCCCCCNC(C(C)C)C(C)C)C(C)C. The lowest BCUT2D eigenvalue weighted by Gasteiger charge is -2.27. The highest BCUT2D eigenvalue weighted by molar-refractivity contribution is 4.75. The first-order valence-electron chi connectivity index (χ1n) is 9.24. The average Bonchev–Trinajstić information content (AvgIpc) is 2.34. The fraction of sp³-hybridized carbons (Fsp3) is 1.00.